The van der Waals surface area contributed by atoms with Crippen molar-refractivity contribution in [1.82, 2.24) is 9.88 Å². The summed E-state index contributed by atoms with van der Waals surface area (Å²) in [4.78, 5) is 33.6. The minimum absolute atomic E-state index is 0.155. The highest BCUT2D eigenvalue weighted by molar-refractivity contribution is 5.94. The van der Waals surface area contributed by atoms with Gasteiger partial charge in [-0.05, 0) is 19.1 Å². The summed E-state index contributed by atoms with van der Waals surface area (Å²) < 4.78 is 10.8. The third-order valence-electron chi connectivity index (χ3n) is 2.00. The number of hydrogen-bond acceptors (Lipinski definition) is 5. The molecule has 0 unspecified atom stereocenters. The maximum Gasteiger partial charge on any atom is 0.413 e. The topological polar surface area (TPSA) is 86.6 Å². The summed E-state index contributed by atoms with van der Waals surface area (Å²) in [5, 5.41) is 1.91. The number of aryl methyl sites for hydroxylation is 1. The Balaban J connectivity index is 2.37. The van der Waals surface area contributed by atoms with Gasteiger partial charge in [0.15, 0.2) is 6.61 Å². The Morgan fingerprint density at radius 2 is 2.06 bits per heavy atom. The Hall–Kier alpha value is -2.31. The standard InChI is InChI=1S/C11H14N2O5/c1-3-17-11(16)12-9(14)7-18-10(15)8-5-4-6-13(8)2/h4-6H,3,7H2,1-2H3,(H,12,14,16). The molecule has 1 rings (SSSR count). The van der Waals surface area contributed by atoms with Gasteiger partial charge in [-0.15, -0.1) is 0 Å². The van der Waals surface area contributed by atoms with E-state index >= 15 is 0 Å². The van der Waals surface area contributed by atoms with Crippen molar-refractivity contribution >= 4 is 18.0 Å². The second-order valence-electron chi connectivity index (χ2n) is 3.35. The molecule has 0 spiro atoms. The first-order chi connectivity index (χ1) is 8.54. The van der Waals surface area contributed by atoms with Gasteiger partial charge < -0.3 is 14.0 Å². The van der Waals surface area contributed by atoms with Gasteiger partial charge in [0.25, 0.3) is 5.91 Å². The Morgan fingerprint density at radius 1 is 1.33 bits per heavy atom. The van der Waals surface area contributed by atoms with E-state index in [1.54, 1.807) is 36.9 Å². The smallest absolute Gasteiger partial charge is 0.413 e. The van der Waals surface area contributed by atoms with Gasteiger partial charge in [0, 0.05) is 13.2 Å². The summed E-state index contributed by atoms with van der Waals surface area (Å²) in [7, 11) is 1.68. The lowest BCUT2D eigenvalue weighted by Crippen LogP contribution is -2.34. The van der Waals surface area contributed by atoms with E-state index in [2.05, 4.69) is 4.74 Å². The highest BCUT2D eigenvalue weighted by atomic mass is 16.6. The summed E-state index contributed by atoms with van der Waals surface area (Å²) in [6.45, 7) is 1.23. The van der Waals surface area contributed by atoms with Crippen LogP contribution in [0.15, 0.2) is 18.3 Å². The number of aromatic nitrogens is 1. The normalized spacial score (nSPS) is 9.67. The van der Waals surface area contributed by atoms with Crippen LogP contribution in [0.5, 0.6) is 0 Å². The van der Waals surface area contributed by atoms with Crippen molar-refractivity contribution in [3.05, 3.63) is 24.0 Å². The van der Waals surface area contributed by atoms with E-state index in [0.717, 1.165) is 0 Å². The maximum absolute atomic E-state index is 11.5. The lowest BCUT2D eigenvalue weighted by Gasteiger charge is -2.06. The molecule has 0 atom stereocenters. The molecule has 0 aromatic carbocycles. The van der Waals surface area contributed by atoms with Crippen LogP contribution in [-0.2, 0) is 21.3 Å². The summed E-state index contributed by atoms with van der Waals surface area (Å²) in [5.41, 5.74) is 0.318. The number of esters is 1. The average molecular weight is 254 g/mol. The van der Waals surface area contributed by atoms with Gasteiger partial charge in [0.2, 0.25) is 0 Å². The van der Waals surface area contributed by atoms with Crippen molar-refractivity contribution in [2.24, 2.45) is 7.05 Å². The van der Waals surface area contributed by atoms with Crippen LogP contribution in [-0.4, -0.2) is 35.8 Å². The largest absolute Gasteiger partial charge is 0.451 e. The number of ether oxygens (including phenoxy) is 2. The molecular weight excluding hydrogens is 240 g/mol. The van der Waals surface area contributed by atoms with E-state index in [0.29, 0.717) is 5.69 Å². The van der Waals surface area contributed by atoms with E-state index in [1.165, 1.54) is 0 Å². The SMILES string of the molecule is CCOC(=O)NC(=O)COC(=O)c1cccn1C. The molecule has 18 heavy (non-hydrogen) atoms. The highest BCUT2D eigenvalue weighted by Gasteiger charge is 2.14. The minimum atomic E-state index is -0.864. The Kier molecular flexibility index (Phi) is 4.91. The van der Waals surface area contributed by atoms with Gasteiger partial charge in [-0.2, -0.15) is 0 Å². The zero-order chi connectivity index (χ0) is 13.5. The molecule has 98 valence electrons. The molecule has 1 aromatic rings. The maximum atomic E-state index is 11.5. The molecule has 0 radical (unpaired) electrons. The third-order valence-corrected chi connectivity index (χ3v) is 2.00. The van der Waals surface area contributed by atoms with Crippen LogP contribution >= 0.6 is 0 Å². The molecule has 0 saturated heterocycles. The first-order valence-corrected chi connectivity index (χ1v) is 5.29. The molecule has 0 fully saturated rings. The van der Waals surface area contributed by atoms with Crippen LogP contribution in [0.1, 0.15) is 17.4 Å². The second kappa shape index (κ2) is 6.43. The molecule has 1 N–H and O–H groups in total. The van der Waals surface area contributed by atoms with E-state index in [1.807, 2.05) is 5.32 Å². The van der Waals surface area contributed by atoms with Crippen molar-refractivity contribution in [2.75, 3.05) is 13.2 Å². The summed E-state index contributed by atoms with van der Waals surface area (Å²) in [5.74, 6) is -1.38. The number of alkyl carbamates (subject to hydrolysis) is 1. The molecule has 0 bridgehead atoms. The summed E-state index contributed by atoms with van der Waals surface area (Å²) in [6.07, 6.45) is 0.812. The predicted octanol–water partition coefficient (Wildman–Crippen LogP) is 0.455. The van der Waals surface area contributed by atoms with Crippen LogP contribution in [0, 0.1) is 0 Å². The number of rotatable bonds is 4. The van der Waals surface area contributed by atoms with Gasteiger partial charge in [0.1, 0.15) is 5.69 Å². The van der Waals surface area contributed by atoms with Gasteiger partial charge >= 0.3 is 12.1 Å². The fourth-order valence-electron chi connectivity index (χ4n) is 1.20. The van der Waals surface area contributed by atoms with Crippen LogP contribution in [0.25, 0.3) is 0 Å². The van der Waals surface area contributed by atoms with Gasteiger partial charge in [-0.1, -0.05) is 0 Å². The molecule has 0 saturated carbocycles. The Morgan fingerprint density at radius 3 is 2.61 bits per heavy atom. The Bertz CT molecular complexity index is 452. The van der Waals surface area contributed by atoms with E-state index in [-0.39, 0.29) is 6.61 Å². The molecule has 1 aromatic heterocycles. The molecule has 0 aliphatic rings. The van der Waals surface area contributed by atoms with Crippen LogP contribution in [0.2, 0.25) is 0 Å². The monoisotopic (exact) mass is 254 g/mol. The minimum Gasteiger partial charge on any atom is -0.451 e. The molecule has 7 nitrogen and oxygen atoms in total. The van der Waals surface area contributed by atoms with Gasteiger partial charge in [-0.25, -0.2) is 9.59 Å². The zero-order valence-electron chi connectivity index (χ0n) is 10.1. The fourth-order valence-corrected chi connectivity index (χ4v) is 1.20. The van der Waals surface area contributed by atoms with Crippen LogP contribution in [0.4, 0.5) is 4.79 Å². The molecular formula is C11H14N2O5. The second-order valence-corrected chi connectivity index (χ2v) is 3.35. The number of amides is 2. The quantitative estimate of drug-likeness (QED) is 0.788. The predicted molar refractivity (Wildman–Crippen MR) is 60.9 cm³/mol. The highest BCUT2D eigenvalue weighted by Crippen LogP contribution is 2.01. The van der Waals surface area contributed by atoms with Crippen molar-refractivity contribution < 1.29 is 23.9 Å². The van der Waals surface area contributed by atoms with Crippen molar-refractivity contribution in [1.29, 1.82) is 0 Å². The number of carbonyl (C=O) groups is 3. The lowest BCUT2D eigenvalue weighted by molar-refractivity contribution is -0.123. The van der Waals surface area contributed by atoms with Gasteiger partial charge in [0.05, 0.1) is 6.61 Å². The Labute approximate surface area is 104 Å². The number of carbonyl (C=O) groups excluding carboxylic acids is 3. The lowest BCUT2D eigenvalue weighted by atomic mass is 10.4. The van der Waals surface area contributed by atoms with Gasteiger partial charge in [-0.3, -0.25) is 10.1 Å². The van der Waals surface area contributed by atoms with E-state index in [9.17, 15) is 14.4 Å². The first kappa shape index (κ1) is 13.8. The van der Waals surface area contributed by atoms with E-state index < -0.39 is 24.6 Å². The van der Waals surface area contributed by atoms with E-state index in [4.69, 9.17) is 4.74 Å². The molecule has 2 amide bonds. The van der Waals surface area contributed by atoms with Crippen molar-refractivity contribution in [2.45, 2.75) is 6.92 Å². The summed E-state index contributed by atoms with van der Waals surface area (Å²) in [6, 6.07) is 3.24. The average Bonchev–Trinajstić information content (AvgIpc) is 2.72. The summed E-state index contributed by atoms with van der Waals surface area (Å²) >= 11 is 0. The number of hydrogen-bond donors (Lipinski definition) is 1. The van der Waals surface area contributed by atoms with Crippen molar-refractivity contribution in [3.8, 4) is 0 Å². The third kappa shape index (κ3) is 3.93. The molecule has 0 aliphatic carbocycles. The number of nitrogens with one attached hydrogen (secondary N) is 1. The first-order valence-electron chi connectivity index (χ1n) is 5.29. The molecule has 7 heteroatoms. The van der Waals surface area contributed by atoms with Crippen LogP contribution < -0.4 is 5.32 Å². The van der Waals surface area contributed by atoms with Crippen LogP contribution in [0.3, 0.4) is 0 Å². The molecule has 0 aliphatic heterocycles. The zero-order valence-corrected chi connectivity index (χ0v) is 10.1. The number of imide groups is 1. The number of nitrogens with zero attached hydrogens (tertiary/aromatic N) is 1. The fraction of sp³-hybridized carbons (Fsp3) is 0.364. The van der Waals surface area contributed by atoms with Crippen molar-refractivity contribution in [3.63, 3.8) is 0 Å². The molecule has 1 heterocycles.